The van der Waals surface area contributed by atoms with E-state index in [1.54, 1.807) is 12.1 Å². The number of aromatic hydroxyl groups is 1. The van der Waals surface area contributed by atoms with Gasteiger partial charge in [-0.1, -0.05) is 17.7 Å². The minimum Gasteiger partial charge on any atom is -0.507 e. The molecule has 0 unspecified atom stereocenters. The van der Waals surface area contributed by atoms with E-state index in [0.29, 0.717) is 33.8 Å². The monoisotopic (exact) mass is 561 g/mol. The standard InChI is InChI=1S/C25H15ClF3N3O5S/c26-18-10-21-20(36-12-37-21)7-14(18)11-32-23(34)22(38-24(32)35)8-13-6-17(4-5-19(13)33)31-30-16-3-1-2-15(9-16)25(27,28)29/h1-10,33H,11-12H2/b22-8-,31-30?. The highest BCUT2D eigenvalue weighted by atomic mass is 35.5. The maximum absolute atomic E-state index is 13.0. The molecule has 38 heavy (non-hydrogen) atoms. The van der Waals surface area contributed by atoms with Gasteiger partial charge in [-0.15, -0.1) is 0 Å². The van der Waals surface area contributed by atoms with Crippen LogP contribution < -0.4 is 9.47 Å². The van der Waals surface area contributed by atoms with E-state index in [1.165, 1.54) is 36.4 Å². The van der Waals surface area contributed by atoms with Gasteiger partial charge in [-0.3, -0.25) is 14.5 Å². The van der Waals surface area contributed by atoms with Crippen molar-refractivity contribution in [3.63, 3.8) is 0 Å². The molecule has 0 aliphatic carbocycles. The second kappa shape index (κ2) is 10.0. The van der Waals surface area contributed by atoms with E-state index in [2.05, 4.69) is 10.2 Å². The Kier molecular flexibility index (Phi) is 6.76. The molecule has 2 aliphatic heterocycles. The van der Waals surface area contributed by atoms with Crippen molar-refractivity contribution in [2.75, 3.05) is 6.79 Å². The number of hydrogen-bond donors (Lipinski definition) is 1. The molecule has 3 aromatic rings. The zero-order valence-electron chi connectivity index (χ0n) is 19.0. The summed E-state index contributed by atoms with van der Waals surface area (Å²) in [6.07, 6.45) is -3.20. The molecule has 0 aromatic heterocycles. The zero-order valence-corrected chi connectivity index (χ0v) is 20.6. The quantitative estimate of drug-likeness (QED) is 0.256. The van der Waals surface area contributed by atoms with Crippen LogP contribution in [0.3, 0.4) is 0 Å². The highest BCUT2D eigenvalue weighted by molar-refractivity contribution is 8.18. The van der Waals surface area contributed by atoms with Crippen LogP contribution in [0.25, 0.3) is 6.08 Å². The molecule has 0 spiro atoms. The fourth-order valence-corrected chi connectivity index (χ4v) is 4.65. The normalized spacial score (nSPS) is 16.3. The van der Waals surface area contributed by atoms with Crippen LogP contribution in [0.4, 0.5) is 29.3 Å². The first-order chi connectivity index (χ1) is 18.1. The van der Waals surface area contributed by atoms with Crippen LogP contribution in [0.15, 0.2) is 69.7 Å². The number of hydrogen-bond acceptors (Lipinski definition) is 8. The Morgan fingerprint density at radius 1 is 1.03 bits per heavy atom. The van der Waals surface area contributed by atoms with Crippen LogP contribution in [0.5, 0.6) is 17.2 Å². The van der Waals surface area contributed by atoms with E-state index < -0.39 is 22.9 Å². The van der Waals surface area contributed by atoms with E-state index in [0.717, 1.165) is 17.0 Å². The number of nitrogens with zero attached hydrogens (tertiary/aromatic N) is 3. The Morgan fingerprint density at radius 3 is 2.47 bits per heavy atom. The highest BCUT2D eigenvalue weighted by Gasteiger charge is 2.36. The Balaban J connectivity index is 1.36. The van der Waals surface area contributed by atoms with Crippen molar-refractivity contribution in [3.8, 4) is 17.2 Å². The second-order valence-corrected chi connectivity index (χ2v) is 9.46. The van der Waals surface area contributed by atoms with Crippen LogP contribution in [-0.2, 0) is 17.5 Å². The van der Waals surface area contributed by atoms with Gasteiger partial charge in [0.25, 0.3) is 11.1 Å². The maximum Gasteiger partial charge on any atom is 0.416 e. The van der Waals surface area contributed by atoms with E-state index in [9.17, 15) is 27.9 Å². The van der Waals surface area contributed by atoms with Gasteiger partial charge in [-0.25, -0.2) is 0 Å². The Bertz CT molecular complexity index is 1530. The maximum atomic E-state index is 13.0. The third kappa shape index (κ3) is 5.31. The lowest BCUT2D eigenvalue weighted by Crippen LogP contribution is -2.27. The number of thioether (sulfide) groups is 1. The third-order valence-electron chi connectivity index (χ3n) is 5.50. The Hall–Kier alpha value is -4.03. The number of alkyl halides is 3. The number of benzene rings is 3. The van der Waals surface area contributed by atoms with Crippen LogP contribution in [0.1, 0.15) is 16.7 Å². The van der Waals surface area contributed by atoms with Crippen molar-refractivity contribution in [2.24, 2.45) is 10.2 Å². The summed E-state index contributed by atoms with van der Waals surface area (Å²) < 4.78 is 49.4. The molecule has 1 saturated heterocycles. The summed E-state index contributed by atoms with van der Waals surface area (Å²) in [6, 6.07) is 11.6. The highest BCUT2D eigenvalue weighted by Crippen LogP contribution is 2.40. The van der Waals surface area contributed by atoms with Crippen molar-refractivity contribution in [1.82, 2.24) is 4.90 Å². The first-order valence-corrected chi connectivity index (χ1v) is 12.0. The summed E-state index contributed by atoms with van der Waals surface area (Å²) in [5, 5.41) is 17.8. The van der Waals surface area contributed by atoms with Gasteiger partial charge in [-0.05, 0) is 65.9 Å². The lowest BCUT2D eigenvalue weighted by atomic mass is 10.1. The number of fused-ring (bicyclic) bond motifs is 1. The number of ether oxygens (including phenoxy) is 2. The van der Waals surface area contributed by atoms with E-state index in [4.69, 9.17) is 21.1 Å². The van der Waals surface area contributed by atoms with Crippen LogP contribution in [0.2, 0.25) is 5.02 Å². The largest absolute Gasteiger partial charge is 0.507 e. The molecular weight excluding hydrogens is 547 g/mol. The zero-order chi connectivity index (χ0) is 27.0. The van der Waals surface area contributed by atoms with Gasteiger partial charge in [0.05, 0.1) is 28.4 Å². The van der Waals surface area contributed by atoms with Crippen molar-refractivity contribution in [3.05, 3.63) is 81.2 Å². The topological polar surface area (TPSA) is 101 Å². The molecule has 2 aliphatic rings. The van der Waals surface area contributed by atoms with Gasteiger partial charge in [-0.2, -0.15) is 23.4 Å². The van der Waals surface area contributed by atoms with E-state index in [1.807, 2.05) is 0 Å². The molecule has 0 radical (unpaired) electrons. The summed E-state index contributed by atoms with van der Waals surface area (Å²) in [5.74, 6) is 0.124. The SMILES string of the molecule is O=C1S/C(=C\c2cc(N=Nc3cccc(C(F)(F)F)c3)ccc2O)C(=O)N1Cc1cc2c(cc1Cl)OCO2. The lowest BCUT2D eigenvalue weighted by Gasteiger charge is -2.14. The predicted octanol–water partition coefficient (Wildman–Crippen LogP) is 7.45. The Morgan fingerprint density at radius 2 is 1.74 bits per heavy atom. The summed E-state index contributed by atoms with van der Waals surface area (Å²) in [7, 11) is 0. The minimum atomic E-state index is -4.52. The smallest absolute Gasteiger partial charge is 0.416 e. The second-order valence-electron chi connectivity index (χ2n) is 8.06. The average molecular weight is 562 g/mol. The molecule has 8 nitrogen and oxygen atoms in total. The van der Waals surface area contributed by atoms with Crippen LogP contribution in [0, 0.1) is 0 Å². The number of carbonyl (C=O) groups is 2. The summed E-state index contributed by atoms with van der Waals surface area (Å²) in [4.78, 5) is 26.6. The average Bonchev–Trinajstić information content (AvgIpc) is 3.43. The first-order valence-electron chi connectivity index (χ1n) is 10.8. The fraction of sp³-hybridized carbons (Fsp3) is 0.120. The van der Waals surface area contributed by atoms with Crippen LogP contribution in [-0.4, -0.2) is 27.9 Å². The number of carbonyl (C=O) groups excluding carboxylic acids is 2. The minimum absolute atomic E-state index is 0.0160. The third-order valence-corrected chi connectivity index (χ3v) is 6.76. The number of imide groups is 1. The number of phenols is 1. The number of azo groups is 1. The summed E-state index contributed by atoms with van der Waals surface area (Å²) in [6.45, 7) is -0.0593. The fourth-order valence-electron chi connectivity index (χ4n) is 3.61. The molecule has 3 aromatic carbocycles. The molecule has 0 atom stereocenters. The van der Waals surface area contributed by atoms with Crippen molar-refractivity contribution >= 4 is 52.0 Å². The number of phenolic OH excluding ortho intramolecular Hbond substituents is 1. The molecular formula is C25H15ClF3N3O5S. The molecule has 1 fully saturated rings. The van der Waals surface area contributed by atoms with Gasteiger partial charge in [0.15, 0.2) is 11.5 Å². The lowest BCUT2D eigenvalue weighted by molar-refractivity contribution is -0.137. The molecule has 2 heterocycles. The molecule has 194 valence electrons. The Labute approximate surface area is 222 Å². The molecule has 1 N–H and O–H groups in total. The molecule has 2 amide bonds. The van der Waals surface area contributed by atoms with Gasteiger partial charge >= 0.3 is 6.18 Å². The van der Waals surface area contributed by atoms with E-state index >= 15 is 0 Å². The summed E-state index contributed by atoms with van der Waals surface area (Å²) in [5.41, 5.74) is -0.0231. The number of rotatable bonds is 5. The van der Waals surface area contributed by atoms with Gasteiger partial charge in [0, 0.05) is 16.7 Å². The summed E-state index contributed by atoms with van der Waals surface area (Å²) >= 11 is 6.96. The molecule has 0 saturated carbocycles. The van der Waals surface area contributed by atoms with E-state index in [-0.39, 0.29) is 40.9 Å². The number of amides is 2. The van der Waals surface area contributed by atoms with Gasteiger partial charge < -0.3 is 14.6 Å². The van der Waals surface area contributed by atoms with Crippen LogP contribution >= 0.6 is 23.4 Å². The van der Waals surface area contributed by atoms with Crippen molar-refractivity contribution in [1.29, 1.82) is 0 Å². The van der Waals surface area contributed by atoms with Gasteiger partial charge in [0.2, 0.25) is 6.79 Å². The molecule has 13 heteroatoms. The number of halogens is 4. The molecule has 0 bridgehead atoms. The van der Waals surface area contributed by atoms with Crippen molar-refractivity contribution in [2.45, 2.75) is 12.7 Å². The van der Waals surface area contributed by atoms with Gasteiger partial charge in [0.1, 0.15) is 5.75 Å². The predicted molar refractivity (Wildman–Crippen MR) is 133 cm³/mol. The molecule has 5 rings (SSSR count). The first kappa shape index (κ1) is 25.6. The van der Waals surface area contributed by atoms with Crippen molar-refractivity contribution < 1.29 is 37.3 Å².